The fourth-order valence-corrected chi connectivity index (χ4v) is 4.38. The molecule has 6 nitrogen and oxygen atoms in total. The van der Waals surface area contributed by atoms with Crippen molar-refractivity contribution in [1.29, 1.82) is 0 Å². The van der Waals surface area contributed by atoms with Gasteiger partial charge >= 0.3 is 0 Å². The number of hydrogen-bond donors (Lipinski definition) is 1. The second kappa shape index (κ2) is 8.45. The van der Waals surface area contributed by atoms with Crippen molar-refractivity contribution in [2.24, 2.45) is 5.92 Å². The van der Waals surface area contributed by atoms with Crippen molar-refractivity contribution in [2.45, 2.75) is 45.3 Å². The second-order valence-corrected chi connectivity index (χ2v) is 7.99. The molecule has 0 spiro atoms. The number of aromatic nitrogens is 1. The summed E-state index contributed by atoms with van der Waals surface area (Å²) in [5.41, 5.74) is 2.26. The molecule has 0 aromatic carbocycles. The maximum absolute atomic E-state index is 13.0. The highest BCUT2D eigenvalue weighted by molar-refractivity contribution is 5.92. The average Bonchev–Trinajstić information content (AvgIpc) is 3.44. The van der Waals surface area contributed by atoms with Crippen LogP contribution in [0.2, 0.25) is 0 Å². The van der Waals surface area contributed by atoms with Gasteiger partial charge in [-0.1, -0.05) is 6.92 Å². The van der Waals surface area contributed by atoms with Crippen LogP contribution >= 0.6 is 0 Å². The first kappa shape index (κ1) is 19.2. The molecule has 2 unspecified atom stereocenters. The minimum Gasteiger partial charge on any atom is -0.456 e. The van der Waals surface area contributed by atoms with Crippen LogP contribution < -0.4 is 0 Å². The van der Waals surface area contributed by atoms with Crippen LogP contribution in [0.5, 0.6) is 0 Å². The molecular formula is C22H29N3O3. The molecule has 150 valence electrons. The van der Waals surface area contributed by atoms with Crippen molar-refractivity contribution in [3.63, 3.8) is 0 Å². The van der Waals surface area contributed by atoms with Gasteiger partial charge < -0.3 is 14.4 Å². The average molecular weight is 383 g/mol. The van der Waals surface area contributed by atoms with E-state index >= 15 is 0 Å². The number of pyridine rings is 1. The number of amides is 1. The Balaban J connectivity index is 1.43. The van der Waals surface area contributed by atoms with Crippen molar-refractivity contribution in [1.82, 2.24) is 14.8 Å². The molecule has 28 heavy (non-hydrogen) atoms. The molecule has 2 aromatic rings. The molecule has 2 fully saturated rings. The van der Waals surface area contributed by atoms with E-state index in [0.29, 0.717) is 18.8 Å². The lowest BCUT2D eigenvalue weighted by molar-refractivity contribution is 0.0732. The van der Waals surface area contributed by atoms with Crippen LogP contribution in [0.4, 0.5) is 0 Å². The minimum absolute atomic E-state index is 0.0380. The summed E-state index contributed by atoms with van der Waals surface area (Å²) in [5.74, 6) is 1.24. The first-order chi connectivity index (χ1) is 13.6. The van der Waals surface area contributed by atoms with Crippen LogP contribution in [-0.2, 0) is 19.4 Å². The van der Waals surface area contributed by atoms with Gasteiger partial charge in [-0.15, -0.1) is 0 Å². The molecule has 2 aliphatic heterocycles. The molecule has 2 aliphatic rings. The molecule has 0 saturated carbocycles. The summed E-state index contributed by atoms with van der Waals surface area (Å²) in [4.78, 5) is 21.2. The third kappa shape index (κ3) is 4.13. The van der Waals surface area contributed by atoms with Crippen LogP contribution in [0, 0.1) is 5.92 Å². The summed E-state index contributed by atoms with van der Waals surface area (Å²) in [6, 6.07) is 5.84. The van der Waals surface area contributed by atoms with Crippen molar-refractivity contribution >= 4 is 5.91 Å². The van der Waals surface area contributed by atoms with E-state index in [1.54, 1.807) is 17.3 Å². The molecule has 1 N–H and O–H groups in total. The Morgan fingerprint density at radius 1 is 1.25 bits per heavy atom. The summed E-state index contributed by atoms with van der Waals surface area (Å²) >= 11 is 0. The molecule has 4 heterocycles. The van der Waals surface area contributed by atoms with Gasteiger partial charge in [0.1, 0.15) is 5.76 Å². The number of furan rings is 1. The lowest BCUT2D eigenvalue weighted by Gasteiger charge is -2.14. The van der Waals surface area contributed by atoms with E-state index < -0.39 is 6.10 Å². The molecule has 0 bridgehead atoms. The topological polar surface area (TPSA) is 69.8 Å². The predicted molar refractivity (Wildman–Crippen MR) is 106 cm³/mol. The molecule has 2 atom stereocenters. The van der Waals surface area contributed by atoms with E-state index in [4.69, 9.17) is 4.42 Å². The monoisotopic (exact) mass is 383 g/mol. The number of aliphatic hydroxyl groups is 1. The Kier molecular flexibility index (Phi) is 5.78. The molecule has 2 aromatic heterocycles. The highest BCUT2D eigenvalue weighted by Crippen LogP contribution is 2.26. The van der Waals surface area contributed by atoms with Crippen LogP contribution in [-0.4, -0.2) is 58.1 Å². The molecule has 4 rings (SSSR count). The summed E-state index contributed by atoms with van der Waals surface area (Å²) < 4.78 is 5.93. The van der Waals surface area contributed by atoms with Gasteiger partial charge in [-0.3, -0.25) is 14.7 Å². The SMILES string of the molecule is CCc1oc(C(=O)N2CC(O)C(Cc3ccncc3)C2)cc1CN1CCCC1. The number of nitrogens with zero attached hydrogens (tertiary/aromatic N) is 3. The van der Waals surface area contributed by atoms with E-state index in [1.807, 2.05) is 18.2 Å². The lowest BCUT2D eigenvalue weighted by atomic mass is 9.97. The third-order valence-corrected chi connectivity index (χ3v) is 5.96. The van der Waals surface area contributed by atoms with Crippen LogP contribution in [0.1, 0.15) is 47.2 Å². The maximum Gasteiger partial charge on any atom is 0.289 e. The standard InChI is InChI=1S/C22H29N3O3/c1-2-20-18(13-24-9-3-4-10-24)12-21(28-20)22(27)25-14-17(19(26)15-25)11-16-5-7-23-8-6-16/h5-8,12,17,19,26H,2-4,9-11,13-15H2,1H3. The fraction of sp³-hybridized carbons (Fsp3) is 0.545. The first-order valence-corrected chi connectivity index (χ1v) is 10.3. The van der Waals surface area contributed by atoms with Gasteiger partial charge in [-0.25, -0.2) is 0 Å². The number of likely N-dealkylation sites (tertiary alicyclic amines) is 2. The molecule has 0 aliphatic carbocycles. The molecule has 6 heteroatoms. The molecule has 2 saturated heterocycles. The van der Waals surface area contributed by atoms with Gasteiger partial charge in [0.15, 0.2) is 5.76 Å². The molecule has 0 radical (unpaired) electrons. The zero-order valence-electron chi connectivity index (χ0n) is 16.5. The van der Waals surface area contributed by atoms with Gasteiger partial charge in [-0.2, -0.15) is 0 Å². The Morgan fingerprint density at radius 3 is 2.71 bits per heavy atom. The van der Waals surface area contributed by atoms with Crippen LogP contribution in [0.15, 0.2) is 35.0 Å². The first-order valence-electron chi connectivity index (χ1n) is 10.3. The van der Waals surface area contributed by atoms with Gasteiger partial charge in [0, 0.05) is 49.9 Å². The van der Waals surface area contributed by atoms with Crippen molar-refractivity contribution < 1.29 is 14.3 Å². The number of β-amino-alcohol motifs (C(OH)–C–C–N with tert-alkyl or cyclic N) is 1. The van der Waals surface area contributed by atoms with Gasteiger partial charge in [0.2, 0.25) is 0 Å². The summed E-state index contributed by atoms with van der Waals surface area (Å²) in [7, 11) is 0. The van der Waals surface area contributed by atoms with Crippen molar-refractivity contribution in [2.75, 3.05) is 26.2 Å². The zero-order chi connectivity index (χ0) is 19.5. The minimum atomic E-state index is -0.512. The fourth-order valence-electron chi connectivity index (χ4n) is 4.38. The lowest BCUT2D eigenvalue weighted by Crippen LogP contribution is -2.29. The Bertz CT molecular complexity index is 799. The van der Waals surface area contributed by atoms with Gasteiger partial charge in [0.25, 0.3) is 5.91 Å². The van der Waals surface area contributed by atoms with E-state index in [0.717, 1.165) is 49.4 Å². The zero-order valence-corrected chi connectivity index (χ0v) is 16.5. The van der Waals surface area contributed by atoms with E-state index in [-0.39, 0.29) is 11.8 Å². The van der Waals surface area contributed by atoms with Crippen molar-refractivity contribution in [3.8, 4) is 0 Å². The number of hydrogen-bond acceptors (Lipinski definition) is 5. The number of carbonyl (C=O) groups excluding carboxylic acids is 1. The van der Waals surface area contributed by atoms with Gasteiger partial charge in [0.05, 0.1) is 6.10 Å². The van der Waals surface area contributed by atoms with Crippen LogP contribution in [0.3, 0.4) is 0 Å². The van der Waals surface area contributed by atoms with E-state index in [9.17, 15) is 9.90 Å². The predicted octanol–water partition coefficient (Wildman–Crippen LogP) is 2.51. The third-order valence-electron chi connectivity index (χ3n) is 5.96. The van der Waals surface area contributed by atoms with Gasteiger partial charge in [-0.05, 0) is 56.1 Å². The van der Waals surface area contributed by atoms with E-state index in [2.05, 4.69) is 16.8 Å². The Hall–Kier alpha value is -2.18. The molecule has 1 amide bonds. The number of rotatable bonds is 6. The summed E-state index contributed by atoms with van der Waals surface area (Å²) in [6.45, 7) is 6.06. The van der Waals surface area contributed by atoms with Crippen molar-refractivity contribution in [3.05, 3.63) is 53.2 Å². The Labute approximate surface area is 166 Å². The second-order valence-electron chi connectivity index (χ2n) is 7.99. The highest BCUT2D eigenvalue weighted by Gasteiger charge is 2.35. The normalized spacial score (nSPS) is 22.9. The Morgan fingerprint density at radius 2 is 2.00 bits per heavy atom. The quantitative estimate of drug-likeness (QED) is 0.830. The highest BCUT2D eigenvalue weighted by atomic mass is 16.4. The summed E-state index contributed by atoms with van der Waals surface area (Å²) in [5, 5.41) is 10.5. The number of carbonyl (C=O) groups is 1. The number of aliphatic hydroxyl groups excluding tert-OH is 1. The maximum atomic E-state index is 13.0. The van der Waals surface area contributed by atoms with E-state index in [1.165, 1.54) is 12.8 Å². The van der Waals surface area contributed by atoms with Crippen LogP contribution in [0.25, 0.3) is 0 Å². The smallest absolute Gasteiger partial charge is 0.289 e. The largest absolute Gasteiger partial charge is 0.456 e. The molecular weight excluding hydrogens is 354 g/mol. The summed E-state index contributed by atoms with van der Waals surface area (Å²) in [6.07, 6.45) is 7.02. The number of aryl methyl sites for hydroxylation is 1.